The summed E-state index contributed by atoms with van der Waals surface area (Å²) in [7, 11) is 0. The third-order valence-electron chi connectivity index (χ3n) is 7.85. The highest BCUT2D eigenvalue weighted by Crippen LogP contribution is 2.55. The van der Waals surface area contributed by atoms with E-state index in [-0.39, 0.29) is 11.6 Å². The maximum absolute atomic E-state index is 12.4. The van der Waals surface area contributed by atoms with Crippen molar-refractivity contribution >= 4 is 6.03 Å². The second-order valence-electron chi connectivity index (χ2n) is 10.6. The molecule has 5 rings (SSSR count). The van der Waals surface area contributed by atoms with Crippen molar-refractivity contribution in [2.45, 2.75) is 108 Å². The predicted octanol–water partition coefficient (Wildman–Crippen LogP) is 5.66. The Hall–Kier alpha value is -1.52. The predicted molar refractivity (Wildman–Crippen MR) is 121 cm³/mol. The van der Waals surface area contributed by atoms with E-state index in [1.807, 2.05) is 18.7 Å². The Labute approximate surface area is 182 Å². The average Bonchev–Trinajstić information content (AvgIpc) is 3.21. The van der Waals surface area contributed by atoms with Gasteiger partial charge in [0.2, 0.25) is 0 Å². The van der Waals surface area contributed by atoms with Gasteiger partial charge in [0.1, 0.15) is 0 Å². The summed E-state index contributed by atoms with van der Waals surface area (Å²) in [5.41, 5.74) is 0.137. The van der Waals surface area contributed by atoms with Gasteiger partial charge in [0, 0.05) is 31.0 Å². The lowest BCUT2D eigenvalue weighted by Gasteiger charge is -2.56. The van der Waals surface area contributed by atoms with Crippen LogP contribution in [0.4, 0.5) is 4.79 Å². The summed E-state index contributed by atoms with van der Waals surface area (Å²) in [6.07, 6.45) is 25.4. The molecule has 1 aromatic heterocycles. The zero-order valence-electron chi connectivity index (χ0n) is 18.8. The number of carbonyl (C=O) groups is 1. The largest absolute Gasteiger partial charge is 0.338 e. The number of rotatable bonds is 13. The van der Waals surface area contributed by atoms with Gasteiger partial charge in [-0.2, -0.15) is 0 Å². The third kappa shape index (κ3) is 6.24. The van der Waals surface area contributed by atoms with E-state index in [9.17, 15) is 4.79 Å². The minimum atomic E-state index is 0.0904. The molecule has 1 heterocycles. The van der Waals surface area contributed by atoms with E-state index in [1.165, 1.54) is 89.9 Å². The summed E-state index contributed by atoms with van der Waals surface area (Å²) in [5, 5.41) is 6.55. The van der Waals surface area contributed by atoms with Gasteiger partial charge in [0.05, 0.1) is 6.33 Å². The molecule has 4 fully saturated rings. The van der Waals surface area contributed by atoms with Gasteiger partial charge in [-0.1, -0.05) is 44.9 Å². The first-order chi connectivity index (χ1) is 14.7. The molecule has 0 radical (unpaired) electrons. The monoisotopic (exact) mass is 414 g/mol. The van der Waals surface area contributed by atoms with Crippen LogP contribution in [-0.4, -0.2) is 27.7 Å². The van der Waals surface area contributed by atoms with E-state index >= 15 is 0 Å². The van der Waals surface area contributed by atoms with E-state index in [0.29, 0.717) is 0 Å². The summed E-state index contributed by atoms with van der Waals surface area (Å²) < 4.78 is 2.16. The minimum Gasteiger partial charge on any atom is -0.338 e. The molecule has 4 bridgehead atoms. The molecule has 2 N–H and O–H groups in total. The number of hydrogen-bond acceptors (Lipinski definition) is 2. The van der Waals surface area contributed by atoms with Gasteiger partial charge < -0.3 is 15.2 Å². The van der Waals surface area contributed by atoms with Gasteiger partial charge in [-0.15, -0.1) is 0 Å². The van der Waals surface area contributed by atoms with E-state index in [1.54, 1.807) is 0 Å². The average molecular weight is 415 g/mol. The smallest absolute Gasteiger partial charge is 0.315 e. The number of unbranched alkanes of at least 4 members (excludes halogenated alkanes) is 8. The number of urea groups is 1. The highest BCUT2D eigenvalue weighted by atomic mass is 16.2. The van der Waals surface area contributed by atoms with Crippen LogP contribution in [0, 0.1) is 17.8 Å². The zero-order chi connectivity index (χ0) is 20.7. The standard InChI is InChI=1S/C25H42N4O/c30-24(28-25-17-21-14-22(18-25)16-23(15-21)19-25)27-10-8-6-4-2-1-3-5-7-9-12-29-13-11-26-20-29/h11,13,20-23H,1-10,12,14-19H2,(H2,27,28,30). The number of nitrogens with one attached hydrogen (secondary N) is 2. The lowest BCUT2D eigenvalue weighted by atomic mass is 9.53. The van der Waals surface area contributed by atoms with Crippen molar-refractivity contribution in [3.8, 4) is 0 Å². The van der Waals surface area contributed by atoms with Crippen LogP contribution < -0.4 is 10.6 Å². The van der Waals surface area contributed by atoms with Gasteiger partial charge in [-0.25, -0.2) is 9.78 Å². The van der Waals surface area contributed by atoms with E-state index in [4.69, 9.17) is 0 Å². The van der Waals surface area contributed by atoms with Gasteiger partial charge in [-0.05, 0) is 69.1 Å². The fourth-order valence-corrected chi connectivity index (χ4v) is 6.83. The van der Waals surface area contributed by atoms with Gasteiger partial charge in [0.25, 0.3) is 0 Å². The van der Waals surface area contributed by atoms with Gasteiger partial charge >= 0.3 is 6.03 Å². The van der Waals surface area contributed by atoms with Gasteiger partial charge in [0.15, 0.2) is 0 Å². The molecular weight excluding hydrogens is 372 g/mol. The van der Waals surface area contributed by atoms with Crippen LogP contribution in [-0.2, 0) is 6.54 Å². The summed E-state index contributed by atoms with van der Waals surface area (Å²) >= 11 is 0. The molecule has 4 aliphatic carbocycles. The molecule has 168 valence electrons. The first-order valence-electron chi connectivity index (χ1n) is 12.7. The number of hydrogen-bond donors (Lipinski definition) is 2. The molecule has 4 saturated carbocycles. The highest BCUT2D eigenvalue weighted by Gasteiger charge is 2.51. The molecule has 2 amide bonds. The lowest BCUT2D eigenvalue weighted by molar-refractivity contribution is -0.0135. The van der Waals surface area contributed by atoms with Crippen LogP contribution in [0.25, 0.3) is 0 Å². The van der Waals surface area contributed by atoms with E-state index < -0.39 is 0 Å². The van der Waals surface area contributed by atoms with Crippen molar-refractivity contribution in [1.82, 2.24) is 20.2 Å². The Kier molecular flexibility index (Phi) is 7.72. The van der Waals surface area contributed by atoms with Crippen LogP contribution in [0.2, 0.25) is 0 Å². The lowest BCUT2D eigenvalue weighted by Crippen LogP contribution is -2.61. The third-order valence-corrected chi connectivity index (χ3v) is 7.85. The quantitative estimate of drug-likeness (QED) is 0.409. The fraction of sp³-hybridized carbons (Fsp3) is 0.840. The number of aromatic nitrogens is 2. The maximum Gasteiger partial charge on any atom is 0.315 e. The molecule has 0 aliphatic heterocycles. The first-order valence-corrected chi connectivity index (χ1v) is 12.7. The number of nitrogens with zero attached hydrogens (tertiary/aromatic N) is 2. The summed E-state index contributed by atoms with van der Waals surface area (Å²) in [5.74, 6) is 2.65. The second kappa shape index (κ2) is 10.7. The summed E-state index contributed by atoms with van der Waals surface area (Å²) in [6.45, 7) is 1.93. The van der Waals surface area contributed by atoms with Crippen LogP contribution in [0.15, 0.2) is 18.7 Å². The van der Waals surface area contributed by atoms with Crippen LogP contribution in [0.5, 0.6) is 0 Å². The molecule has 5 heteroatoms. The van der Waals surface area contributed by atoms with Crippen molar-refractivity contribution in [3.63, 3.8) is 0 Å². The maximum atomic E-state index is 12.4. The number of amides is 2. The molecule has 30 heavy (non-hydrogen) atoms. The highest BCUT2D eigenvalue weighted by molar-refractivity contribution is 5.74. The molecule has 0 spiro atoms. The van der Waals surface area contributed by atoms with Crippen molar-refractivity contribution < 1.29 is 4.79 Å². The first kappa shape index (κ1) is 21.7. The number of aryl methyl sites for hydroxylation is 1. The Balaban J connectivity index is 0.956. The van der Waals surface area contributed by atoms with Crippen molar-refractivity contribution in [3.05, 3.63) is 18.7 Å². The second-order valence-corrected chi connectivity index (χ2v) is 10.6. The van der Waals surface area contributed by atoms with E-state index in [0.717, 1.165) is 37.3 Å². The molecule has 5 nitrogen and oxygen atoms in total. The summed E-state index contributed by atoms with van der Waals surface area (Å²) in [4.78, 5) is 16.5. The molecule has 1 aromatic rings. The van der Waals surface area contributed by atoms with Gasteiger partial charge in [-0.3, -0.25) is 0 Å². The Morgan fingerprint density at radius 2 is 1.43 bits per heavy atom. The summed E-state index contributed by atoms with van der Waals surface area (Å²) in [6, 6.07) is 0.0904. The van der Waals surface area contributed by atoms with Crippen molar-refractivity contribution in [2.75, 3.05) is 6.54 Å². The topological polar surface area (TPSA) is 59.0 Å². The minimum absolute atomic E-state index is 0.0904. The Morgan fingerprint density at radius 3 is 2.00 bits per heavy atom. The Morgan fingerprint density at radius 1 is 0.867 bits per heavy atom. The normalized spacial score (nSPS) is 29.3. The van der Waals surface area contributed by atoms with E-state index in [2.05, 4.69) is 20.2 Å². The Bertz CT molecular complexity index is 606. The zero-order valence-corrected chi connectivity index (χ0v) is 18.8. The molecule has 0 saturated heterocycles. The SMILES string of the molecule is O=C(NCCCCCCCCCCCn1ccnc1)NC12CC3CC(CC(C3)C1)C2. The number of imidazole rings is 1. The van der Waals surface area contributed by atoms with Crippen LogP contribution >= 0.6 is 0 Å². The number of carbonyl (C=O) groups excluding carboxylic acids is 1. The molecule has 4 aliphatic rings. The molecule has 0 aromatic carbocycles. The molecule has 0 atom stereocenters. The molecule has 0 unspecified atom stereocenters. The van der Waals surface area contributed by atoms with Crippen LogP contribution in [0.3, 0.4) is 0 Å². The van der Waals surface area contributed by atoms with Crippen molar-refractivity contribution in [1.29, 1.82) is 0 Å². The fourth-order valence-electron chi connectivity index (χ4n) is 6.83. The van der Waals surface area contributed by atoms with Crippen molar-refractivity contribution in [2.24, 2.45) is 17.8 Å². The van der Waals surface area contributed by atoms with Crippen LogP contribution in [0.1, 0.15) is 96.3 Å². The molecular formula is C25H42N4O.